The molecule has 0 saturated carbocycles. The Morgan fingerprint density at radius 2 is 1.77 bits per heavy atom. The Morgan fingerprint density at radius 1 is 0.957 bits per heavy atom. The fraction of sp³-hybridized carbons (Fsp3) is 0.343. The number of fused-ring (bicyclic) bond motifs is 1. The first-order valence-electron chi connectivity index (χ1n) is 15.6. The normalized spacial score (nSPS) is 13.2. The highest BCUT2D eigenvalue weighted by molar-refractivity contribution is 6.39. The highest BCUT2D eigenvalue weighted by atomic mass is 35.5. The molecule has 4 aromatic rings. The molecular weight excluding hydrogens is 627 g/mol. The lowest BCUT2D eigenvalue weighted by Gasteiger charge is -2.23. The van der Waals surface area contributed by atoms with Crippen LogP contribution in [0.5, 0.6) is 28.7 Å². The van der Waals surface area contributed by atoms with Gasteiger partial charge < -0.3 is 34.9 Å². The average molecular weight is 665 g/mol. The van der Waals surface area contributed by atoms with Gasteiger partial charge in [0.05, 0.1) is 25.8 Å². The molecule has 0 spiro atoms. The van der Waals surface area contributed by atoms with E-state index in [0.717, 1.165) is 49.7 Å². The quantitative estimate of drug-likeness (QED) is 0.0872. The standard InChI is InChI=1S/C35H38ClFN4O6/c1-44-32-20-27-29(21-33(32)46-22-24-9-14-38-15-10-24)39-17-12-30(27)47-31-8-5-25(19-28(31)37)41-35(43)34(42)40-16-11-23-3-6-26(7-4-23)45-18-2-13-36/h3-8,12,17,19-21,24,38H,2,9-11,13-16,18,22H2,1H3,(H,40,42)(H,41,43). The van der Waals surface area contributed by atoms with Gasteiger partial charge in [-0.05, 0) is 86.7 Å². The lowest BCUT2D eigenvalue weighted by molar-refractivity contribution is -0.136. The van der Waals surface area contributed by atoms with Gasteiger partial charge in [0.15, 0.2) is 23.1 Å². The smallest absolute Gasteiger partial charge is 0.313 e. The molecule has 1 aliphatic heterocycles. The Kier molecular flexibility index (Phi) is 12.1. The lowest BCUT2D eigenvalue weighted by Crippen LogP contribution is -2.36. The maximum absolute atomic E-state index is 15.1. The van der Waals surface area contributed by atoms with Crippen molar-refractivity contribution in [1.29, 1.82) is 0 Å². The molecule has 0 atom stereocenters. The highest BCUT2D eigenvalue weighted by Gasteiger charge is 2.18. The van der Waals surface area contributed by atoms with E-state index in [-0.39, 0.29) is 18.0 Å². The maximum atomic E-state index is 15.1. The molecule has 10 nitrogen and oxygen atoms in total. The number of hydrogen-bond donors (Lipinski definition) is 3. The molecule has 2 heterocycles. The van der Waals surface area contributed by atoms with Crippen LogP contribution in [0.4, 0.5) is 10.1 Å². The summed E-state index contributed by atoms with van der Waals surface area (Å²) in [6, 6.07) is 16.6. The van der Waals surface area contributed by atoms with E-state index in [2.05, 4.69) is 20.9 Å². The van der Waals surface area contributed by atoms with E-state index in [1.807, 2.05) is 24.3 Å². The molecule has 0 aliphatic carbocycles. The molecule has 1 aliphatic rings. The number of alkyl halides is 1. The molecule has 0 unspecified atom stereocenters. The SMILES string of the molecule is COc1cc2c(Oc3ccc(NC(=O)C(=O)NCCc4ccc(OCCCCl)cc4)cc3F)ccnc2cc1OCC1CCNCC1. The first-order chi connectivity index (χ1) is 22.9. The van der Waals surface area contributed by atoms with Crippen molar-refractivity contribution < 1.29 is 32.9 Å². The Balaban J connectivity index is 1.15. The Labute approximate surface area is 277 Å². The summed E-state index contributed by atoms with van der Waals surface area (Å²) in [5, 5.41) is 8.96. The number of nitrogens with zero attached hydrogens (tertiary/aromatic N) is 1. The fourth-order valence-electron chi connectivity index (χ4n) is 5.11. The second-order valence-electron chi connectivity index (χ2n) is 11.1. The van der Waals surface area contributed by atoms with Crippen molar-refractivity contribution in [3.8, 4) is 28.7 Å². The van der Waals surface area contributed by atoms with Crippen LogP contribution in [0.2, 0.25) is 0 Å². The predicted molar refractivity (Wildman–Crippen MR) is 178 cm³/mol. The summed E-state index contributed by atoms with van der Waals surface area (Å²) in [5.74, 6) is 0.665. The third-order valence-corrected chi connectivity index (χ3v) is 7.97. The topological polar surface area (TPSA) is 120 Å². The predicted octanol–water partition coefficient (Wildman–Crippen LogP) is 5.86. The number of carbonyl (C=O) groups excluding carboxylic acids is 2. The van der Waals surface area contributed by atoms with Crippen LogP contribution < -0.4 is 34.9 Å². The molecule has 5 rings (SSSR count). The molecule has 47 heavy (non-hydrogen) atoms. The molecule has 0 radical (unpaired) electrons. The summed E-state index contributed by atoms with van der Waals surface area (Å²) in [5.41, 5.74) is 1.68. The Morgan fingerprint density at radius 3 is 2.51 bits per heavy atom. The van der Waals surface area contributed by atoms with Gasteiger partial charge in [-0.1, -0.05) is 12.1 Å². The van der Waals surface area contributed by atoms with Crippen LogP contribution >= 0.6 is 11.6 Å². The van der Waals surface area contributed by atoms with Gasteiger partial charge in [-0.3, -0.25) is 14.6 Å². The average Bonchev–Trinajstić information content (AvgIpc) is 3.09. The minimum Gasteiger partial charge on any atom is -0.494 e. The van der Waals surface area contributed by atoms with Gasteiger partial charge in [0.1, 0.15) is 11.5 Å². The van der Waals surface area contributed by atoms with Crippen LogP contribution in [-0.2, 0) is 16.0 Å². The molecule has 1 aromatic heterocycles. The minimum absolute atomic E-state index is 0.0689. The van der Waals surface area contributed by atoms with E-state index in [1.165, 1.54) is 12.1 Å². The van der Waals surface area contributed by atoms with E-state index in [1.54, 1.807) is 31.5 Å². The number of pyridine rings is 1. The number of methoxy groups -OCH3 is 1. The van der Waals surface area contributed by atoms with Crippen molar-refractivity contribution in [2.24, 2.45) is 5.92 Å². The number of halogens is 2. The van der Waals surface area contributed by atoms with E-state index >= 15 is 4.39 Å². The van der Waals surface area contributed by atoms with Gasteiger partial charge in [0.25, 0.3) is 0 Å². The lowest BCUT2D eigenvalue weighted by atomic mass is 9.99. The van der Waals surface area contributed by atoms with Gasteiger partial charge in [-0.2, -0.15) is 0 Å². The number of carbonyl (C=O) groups is 2. The van der Waals surface area contributed by atoms with Crippen molar-refractivity contribution in [3.05, 3.63) is 78.2 Å². The largest absolute Gasteiger partial charge is 0.494 e. The third kappa shape index (κ3) is 9.46. The van der Waals surface area contributed by atoms with Gasteiger partial charge in [-0.25, -0.2) is 4.39 Å². The van der Waals surface area contributed by atoms with Gasteiger partial charge >= 0.3 is 11.8 Å². The zero-order valence-electron chi connectivity index (χ0n) is 26.2. The van der Waals surface area contributed by atoms with Crippen LogP contribution in [0.25, 0.3) is 10.9 Å². The summed E-state index contributed by atoms with van der Waals surface area (Å²) in [7, 11) is 1.56. The van der Waals surface area contributed by atoms with E-state index < -0.39 is 17.6 Å². The summed E-state index contributed by atoms with van der Waals surface area (Å²) in [6.07, 6.45) is 4.95. The summed E-state index contributed by atoms with van der Waals surface area (Å²) in [4.78, 5) is 29.2. The Bertz CT molecular complexity index is 1670. The number of aromatic nitrogens is 1. The summed E-state index contributed by atoms with van der Waals surface area (Å²) in [6.45, 7) is 3.33. The van der Waals surface area contributed by atoms with Crippen molar-refractivity contribution in [3.63, 3.8) is 0 Å². The number of rotatable bonds is 14. The molecule has 0 bridgehead atoms. The molecule has 1 fully saturated rings. The van der Waals surface area contributed by atoms with E-state index in [4.69, 9.17) is 30.5 Å². The van der Waals surface area contributed by atoms with Gasteiger partial charge in [0.2, 0.25) is 0 Å². The van der Waals surface area contributed by atoms with Crippen molar-refractivity contribution in [2.75, 3.05) is 51.2 Å². The van der Waals surface area contributed by atoms with Crippen molar-refractivity contribution in [1.82, 2.24) is 15.6 Å². The number of ether oxygens (including phenoxy) is 4. The highest BCUT2D eigenvalue weighted by Crippen LogP contribution is 2.38. The molecular formula is C35H38ClFN4O6. The second-order valence-corrected chi connectivity index (χ2v) is 11.5. The van der Waals surface area contributed by atoms with Crippen LogP contribution in [0.3, 0.4) is 0 Å². The number of piperidine rings is 1. The van der Waals surface area contributed by atoms with Crippen LogP contribution in [0, 0.1) is 11.7 Å². The first kappa shape index (κ1) is 33.7. The van der Waals surface area contributed by atoms with E-state index in [0.29, 0.717) is 59.6 Å². The summed E-state index contributed by atoms with van der Waals surface area (Å²) < 4.78 is 38.3. The minimum atomic E-state index is -0.911. The monoisotopic (exact) mass is 664 g/mol. The molecule has 3 aromatic carbocycles. The molecule has 248 valence electrons. The van der Waals surface area contributed by atoms with Gasteiger partial charge in [-0.15, -0.1) is 11.6 Å². The van der Waals surface area contributed by atoms with Crippen molar-refractivity contribution >= 4 is 40.0 Å². The van der Waals surface area contributed by atoms with Crippen LogP contribution in [0.15, 0.2) is 66.9 Å². The Hall–Kier alpha value is -4.61. The first-order valence-corrected chi connectivity index (χ1v) is 16.1. The zero-order valence-corrected chi connectivity index (χ0v) is 26.9. The summed E-state index contributed by atoms with van der Waals surface area (Å²) >= 11 is 5.66. The third-order valence-electron chi connectivity index (χ3n) is 7.71. The number of hydrogen-bond acceptors (Lipinski definition) is 8. The fourth-order valence-corrected chi connectivity index (χ4v) is 5.22. The molecule has 1 saturated heterocycles. The number of nitrogens with one attached hydrogen (secondary N) is 3. The second kappa shape index (κ2) is 16.8. The number of anilines is 1. The van der Waals surface area contributed by atoms with Gasteiger partial charge in [0, 0.05) is 41.8 Å². The van der Waals surface area contributed by atoms with Crippen LogP contribution in [-0.4, -0.2) is 62.6 Å². The zero-order chi connectivity index (χ0) is 33.0. The molecule has 3 N–H and O–H groups in total. The molecule has 12 heteroatoms. The van der Waals surface area contributed by atoms with Crippen molar-refractivity contribution in [2.45, 2.75) is 25.7 Å². The number of amides is 2. The number of benzene rings is 3. The molecule has 2 amide bonds. The van der Waals surface area contributed by atoms with E-state index in [9.17, 15) is 9.59 Å². The maximum Gasteiger partial charge on any atom is 0.313 e. The van der Waals surface area contributed by atoms with Crippen LogP contribution in [0.1, 0.15) is 24.8 Å².